The van der Waals surface area contributed by atoms with Crippen LogP contribution in [-0.2, 0) is 0 Å². The van der Waals surface area contributed by atoms with Crippen molar-refractivity contribution in [1.82, 2.24) is 14.9 Å². The molecule has 8 nitrogen and oxygen atoms in total. The summed E-state index contributed by atoms with van der Waals surface area (Å²) in [6.45, 7) is 3.65. The number of aromatic nitrogens is 3. The Labute approximate surface area is 176 Å². The molecule has 11 heteroatoms. The minimum atomic E-state index is -4.34. The van der Waals surface area contributed by atoms with Gasteiger partial charge in [0.25, 0.3) is 6.33 Å². The minimum Gasteiger partial charge on any atom is -0.421 e. The number of amides is 2. The number of anilines is 2. The van der Waals surface area contributed by atoms with Crippen molar-refractivity contribution >= 4 is 28.4 Å². The Balaban J connectivity index is 1.72. The number of H-pyrrole nitrogens is 1. The second-order valence-electron chi connectivity index (χ2n) is 7.04. The van der Waals surface area contributed by atoms with E-state index in [1.165, 1.54) is 18.5 Å². The molecule has 3 rings (SSSR count). The van der Waals surface area contributed by atoms with Gasteiger partial charge in [0.15, 0.2) is 5.52 Å². The van der Waals surface area contributed by atoms with Crippen molar-refractivity contribution in [2.75, 3.05) is 17.6 Å². The number of carbonyl (C=O) groups is 1. The number of halogens is 3. The molecule has 31 heavy (non-hydrogen) atoms. The average Bonchev–Trinajstić information content (AvgIpc) is 3.14. The van der Waals surface area contributed by atoms with E-state index in [0.29, 0.717) is 11.6 Å². The lowest BCUT2D eigenvalue weighted by atomic mass is 10.2. The number of hydrogen-bond acceptors (Lipinski definition) is 4. The molecule has 0 spiro atoms. The highest BCUT2D eigenvalue weighted by Gasteiger charge is 2.26. The number of aromatic amines is 1. The van der Waals surface area contributed by atoms with Crippen LogP contribution in [0.4, 0.5) is 29.3 Å². The van der Waals surface area contributed by atoms with Crippen molar-refractivity contribution < 1.29 is 27.7 Å². The number of alkyl halides is 3. The smallest absolute Gasteiger partial charge is 0.390 e. The molecule has 0 aliphatic carbocycles. The fourth-order valence-corrected chi connectivity index (χ4v) is 2.97. The van der Waals surface area contributed by atoms with E-state index in [1.54, 1.807) is 6.07 Å². The van der Waals surface area contributed by atoms with Gasteiger partial charge in [-0.1, -0.05) is 6.92 Å². The Morgan fingerprint density at radius 3 is 2.81 bits per heavy atom. The van der Waals surface area contributed by atoms with Gasteiger partial charge in [0.2, 0.25) is 5.52 Å². The number of rotatable bonds is 7. The van der Waals surface area contributed by atoms with E-state index in [-0.39, 0.29) is 17.4 Å². The van der Waals surface area contributed by atoms with E-state index in [0.717, 1.165) is 17.5 Å². The molecular weight excluding hydrogens is 413 g/mol. The Bertz CT molecular complexity index is 1070. The lowest BCUT2D eigenvalue weighted by molar-refractivity contribution is -0.393. The summed E-state index contributed by atoms with van der Waals surface area (Å²) in [7, 11) is 0. The van der Waals surface area contributed by atoms with Gasteiger partial charge < -0.3 is 25.7 Å². The zero-order chi connectivity index (χ0) is 22.6. The molecule has 0 saturated heterocycles. The summed E-state index contributed by atoms with van der Waals surface area (Å²) in [4.78, 5) is 19.1. The van der Waals surface area contributed by atoms with Crippen molar-refractivity contribution in [3.63, 3.8) is 0 Å². The highest BCUT2D eigenvalue weighted by molar-refractivity contribution is 5.92. The molecule has 1 atom stereocenters. The van der Waals surface area contributed by atoms with Crippen LogP contribution in [0.3, 0.4) is 0 Å². The van der Waals surface area contributed by atoms with Crippen molar-refractivity contribution in [2.45, 2.75) is 38.9 Å². The Morgan fingerprint density at radius 2 is 2.13 bits per heavy atom. The minimum absolute atomic E-state index is 0.200. The number of urea groups is 1. The maximum Gasteiger partial charge on any atom is 0.390 e. The molecule has 166 valence electrons. The van der Waals surface area contributed by atoms with E-state index in [1.807, 2.05) is 12.3 Å². The SMILES string of the molecule is CCC(C)n1ccc2nc[nH+]c(Oc3ccc(NC(=O)NCCC(F)(F)F)c(N)c3)c21. The molecule has 2 heterocycles. The highest BCUT2D eigenvalue weighted by Crippen LogP contribution is 2.31. The van der Waals surface area contributed by atoms with Gasteiger partial charge in [-0.3, -0.25) is 0 Å². The Morgan fingerprint density at radius 1 is 1.35 bits per heavy atom. The summed E-state index contributed by atoms with van der Waals surface area (Å²) in [6, 6.07) is 5.99. The standard InChI is InChI=1S/C20H23F3N6O2/c1-3-12(2)29-9-6-16-17(29)18(27-11-26-16)31-13-4-5-15(14(24)10-13)28-19(30)25-8-7-20(21,22)23/h4-6,9-12H,3,7-8,24H2,1-2H3,(H2,25,28,30)/p+1. The molecule has 0 aliphatic rings. The maximum absolute atomic E-state index is 12.2. The first kappa shape index (κ1) is 22.2. The summed E-state index contributed by atoms with van der Waals surface area (Å²) in [6.07, 6.45) is -1.04. The van der Waals surface area contributed by atoms with Crippen molar-refractivity contribution in [1.29, 1.82) is 0 Å². The fourth-order valence-electron chi connectivity index (χ4n) is 2.97. The zero-order valence-electron chi connectivity index (χ0n) is 17.1. The van der Waals surface area contributed by atoms with E-state index >= 15 is 0 Å². The lowest BCUT2D eigenvalue weighted by Crippen LogP contribution is -2.32. The molecule has 3 aromatic rings. The molecule has 2 aromatic heterocycles. The third-order valence-corrected chi connectivity index (χ3v) is 4.76. The van der Waals surface area contributed by atoms with E-state index in [9.17, 15) is 18.0 Å². The van der Waals surface area contributed by atoms with Crippen LogP contribution in [0.15, 0.2) is 36.8 Å². The van der Waals surface area contributed by atoms with Crippen LogP contribution in [0.2, 0.25) is 0 Å². The second-order valence-corrected chi connectivity index (χ2v) is 7.04. The predicted molar refractivity (Wildman–Crippen MR) is 110 cm³/mol. The van der Waals surface area contributed by atoms with E-state index < -0.39 is 25.2 Å². The second kappa shape index (κ2) is 9.11. The lowest BCUT2D eigenvalue weighted by Gasteiger charge is -2.14. The number of nitrogens with one attached hydrogen (secondary N) is 3. The number of fused-ring (bicyclic) bond motifs is 1. The quantitative estimate of drug-likeness (QED) is 0.480. The van der Waals surface area contributed by atoms with Gasteiger partial charge in [0.05, 0.1) is 17.8 Å². The van der Waals surface area contributed by atoms with Gasteiger partial charge in [0, 0.05) is 30.9 Å². The number of carbonyl (C=O) groups excluding carboxylic acids is 1. The molecule has 0 aliphatic heterocycles. The van der Waals surface area contributed by atoms with Gasteiger partial charge >= 0.3 is 18.1 Å². The summed E-state index contributed by atoms with van der Waals surface area (Å²) in [5.41, 5.74) is 8.02. The molecule has 0 saturated carbocycles. The summed E-state index contributed by atoms with van der Waals surface area (Å²) < 4.78 is 44.6. The molecular formula is C20H24F3N6O2+. The number of hydrogen-bond donors (Lipinski definition) is 3. The van der Waals surface area contributed by atoms with Crippen molar-refractivity contribution in [3.8, 4) is 11.6 Å². The van der Waals surface area contributed by atoms with Crippen molar-refractivity contribution in [2.24, 2.45) is 0 Å². The third-order valence-electron chi connectivity index (χ3n) is 4.76. The number of benzene rings is 1. The van der Waals surface area contributed by atoms with E-state index in [4.69, 9.17) is 10.5 Å². The zero-order valence-corrected chi connectivity index (χ0v) is 17.1. The maximum atomic E-state index is 12.2. The van der Waals surface area contributed by atoms with Crippen LogP contribution in [0, 0.1) is 0 Å². The molecule has 2 amide bonds. The topological polar surface area (TPSA) is 108 Å². The predicted octanol–water partition coefficient (Wildman–Crippen LogP) is 4.27. The monoisotopic (exact) mass is 437 g/mol. The number of nitrogen functional groups attached to an aromatic ring is 1. The summed E-state index contributed by atoms with van der Waals surface area (Å²) in [5.74, 6) is 0.904. The highest BCUT2D eigenvalue weighted by atomic mass is 19.4. The van der Waals surface area contributed by atoms with Gasteiger partial charge in [0.1, 0.15) is 5.75 Å². The number of nitrogens with two attached hydrogens (primary N) is 1. The normalized spacial score (nSPS) is 12.5. The van der Waals surface area contributed by atoms with Crippen LogP contribution < -0.4 is 26.1 Å². The van der Waals surface area contributed by atoms with Crippen LogP contribution >= 0.6 is 0 Å². The average molecular weight is 437 g/mol. The molecule has 0 radical (unpaired) electrons. The van der Waals surface area contributed by atoms with Crippen molar-refractivity contribution in [3.05, 3.63) is 36.8 Å². The first-order valence-electron chi connectivity index (χ1n) is 9.74. The van der Waals surface area contributed by atoms with Crippen LogP contribution in [0.1, 0.15) is 32.7 Å². The van der Waals surface area contributed by atoms with Crippen LogP contribution in [0.25, 0.3) is 11.0 Å². The summed E-state index contributed by atoms with van der Waals surface area (Å²) >= 11 is 0. The first-order chi connectivity index (χ1) is 14.7. The van der Waals surface area contributed by atoms with Crippen LogP contribution in [0.5, 0.6) is 11.6 Å². The number of ether oxygens (including phenoxy) is 1. The molecule has 0 fully saturated rings. The number of nitrogens with zero attached hydrogens (tertiary/aromatic N) is 2. The van der Waals surface area contributed by atoms with Crippen LogP contribution in [-0.4, -0.2) is 28.3 Å². The van der Waals surface area contributed by atoms with Gasteiger partial charge in [-0.15, -0.1) is 0 Å². The van der Waals surface area contributed by atoms with Gasteiger partial charge in [-0.05, 0) is 30.5 Å². The van der Waals surface area contributed by atoms with Gasteiger partial charge in [-0.2, -0.15) is 13.2 Å². The third kappa shape index (κ3) is 5.56. The largest absolute Gasteiger partial charge is 0.421 e. The Kier molecular flexibility index (Phi) is 6.52. The molecule has 1 unspecified atom stereocenters. The van der Waals surface area contributed by atoms with E-state index in [2.05, 4.69) is 39.0 Å². The molecule has 0 bridgehead atoms. The fraction of sp³-hybridized carbons (Fsp3) is 0.350. The molecule has 1 aromatic carbocycles. The Hall–Kier alpha value is -3.50. The van der Waals surface area contributed by atoms with Gasteiger partial charge in [-0.25, -0.2) is 9.78 Å². The summed E-state index contributed by atoms with van der Waals surface area (Å²) in [5, 5.41) is 4.56. The molecule has 5 N–H and O–H groups in total. The first-order valence-corrected chi connectivity index (χ1v) is 9.74.